The van der Waals surface area contributed by atoms with Crippen molar-refractivity contribution in [3.8, 4) is 11.5 Å². The Hall–Kier alpha value is -2.66. The maximum Gasteiger partial charge on any atom is 0.247 e. The quantitative estimate of drug-likeness (QED) is 0.683. The number of rotatable bonds is 7. The third-order valence-electron chi connectivity index (χ3n) is 4.03. The van der Waals surface area contributed by atoms with E-state index in [0.29, 0.717) is 36.2 Å². The van der Waals surface area contributed by atoms with Gasteiger partial charge in [-0.25, -0.2) is 0 Å². The molecular weight excluding hydrogens is 350 g/mol. The average molecular weight is 370 g/mol. The molecule has 0 saturated heterocycles. The van der Waals surface area contributed by atoms with Gasteiger partial charge in [0.05, 0.1) is 0 Å². The third kappa shape index (κ3) is 4.92. The highest BCUT2D eigenvalue weighted by atomic mass is 35.5. The van der Waals surface area contributed by atoms with Gasteiger partial charge < -0.3 is 9.73 Å². The summed E-state index contributed by atoms with van der Waals surface area (Å²) in [5, 5.41) is 11.7. The predicted molar refractivity (Wildman–Crippen MR) is 101 cm³/mol. The van der Waals surface area contributed by atoms with Crippen LogP contribution >= 0.6 is 11.6 Å². The second-order valence-corrected chi connectivity index (χ2v) is 6.48. The van der Waals surface area contributed by atoms with Gasteiger partial charge in [-0.05, 0) is 42.7 Å². The summed E-state index contributed by atoms with van der Waals surface area (Å²) >= 11 is 5.95. The molecule has 0 bridgehead atoms. The van der Waals surface area contributed by atoms with Gasteiger partial charge in [0.15, 0.2) is 0 Å². The van der Waals surface area contributed by atoms with E-state index in [-0.39, 0.29) is 5.91 Å². The first-order valence-corrected chi connectivity index (χ1v) is 8.89. The van der Waals surface area contributed by atoms with Gasteiger partial charge in [-0.3, -0.25) is 4.79 Å². The van der Waals surface area contributed by atoms with Crippen LogP contribution in [0.1, 0.15) is 23.4 Å². The smallest absolute Gasteiger partial charge is 0.247 e. The number of halogens is 1. The van der Waals surface area contributed by atoms with Crippen molar-refractivity contribution in [2.75, 3.05) is 6.54 Å². The molecule has 3 rings (SSSR count). The summed E-state index contributed by atoms with van der Waals surface area (Å²) in [6.07, 6.45) is 1.47. The fourth-order valence-electron chi connectivity index (χ4n) is 2.62. The second kappa shape index (κ2) is 8.63. The fraction of sp³-hybridized carbons (Fsp3) is 0.250. The molecule has 1 heterocycles. The number of carbonyl (C=O) groups excluding carboxylic acids is 1. The Morgan fingerprint density at radius 2 is 1.96 bits per heavy atom. The number of nitrogens with one attached hydrogen (secondary N) is 1. The molecule has 134 valence electrons. The van der Waals surface area contributed by atoms with E-state index in [4.69, 9.17) is 16.0 Å². The molecule has 6 heteroatoms. The van der Waals surface area contributed by atoms with Gasteiger partial charge in [-0.1, -0.05) is 41.9 Å². The van der Waals surface area contributed by atoms with E-state index in [0.717, 1.165) is 23.1 Å². The Kier molecular flexibility index (Phi) is 6.02. The molecule has 1 N–H and O–H groups in total. The number of nitrogens with zero attached hydrogens (tertiary/aromatic N) is 2. The maximum absolute atomic E-state index is 12.0. The van der Waals surface area contributed by atoms with Crippen LogP contribution in [-0.2, 0) is 17.6 Å². The molecule has 5 nitrogen and oxygen atoms in total. The first kappa shape index (κ1) is 18.1. The number of aromatic nitrogens is 2. The largest absolute Gasteiger partial charge is 0.421 e. The molecular formula is C20H20ClN3O2. The van der Waals surface area contributed by atoms with E-state index < -0.39 is 0 Å². The fourth-order valence-corrected chi connectivity index (χ4v) is 2.84. The zero-order valence-corrected chi connectivity index (χ0v) is 15.3. The van der Waals surface area contributed by atoms with Crippen molar-refractivity contribution in [2.24, 2.45) is 0 Å². The highest BCUT2D eigenvalue weighted by Gasteiger charge is 2.11. The van der Waals surface area contributed by atoms with Crippen molar-refractivity contribution in [1.29, 1.82) is 0 Å². The first-order valence-electron chi connectivity index (χ1n) is 8.51. The van der Waals surface area contributed by atoms with Crippen molar-refractivity contribution in [2.45, 2.75) is 26.2 Å². The van der Waals surface area contributed by atoms with Gasteiger partial charge in [0.2, 0.25) is 17.7 Å². The second-order valence-electron chi connectivity index (χ2n) is 6.05. The van der Waals surface area contributed by atoms with Gasteiger partial charge in [-0.2, -0.15) is 0 Å². The van der Waals surface area contributed by atoms with E-state index in [1.807, 2.05) is 55.5 Å². The van der Waals surface area contributed by atoms with Crippen LogP contribution in [0.3, 0.4) is 0 Å². The highest BCUT2D eigenvalue weighted by Crippen LogP contribution is 2.21. The summed E-state index contributed by atoms with van der Waals surface area (Å²) in [4.78, 5) is 12.0. The topological polar surface area (TPSA) is 68.0 Å². The lowest BCUT2D eigenvalue weighted by Gasteiger charge is -2.05. The Morgan fingerprint density at radius 3 is 2.77 bits per heavy atom. The molecule has 0 aliphatic carbocycles. The van der Waals surface area contributed by atoms with Crippen molar-refractivity contribution in [3.05, 3.63) is 70.6 Å². The SMILES string of the molecule is Cc1ccccc1-c1nnc(CCC(=O)NCCc2cccc(Cl)c2)o1. The molecule has 0 fully saturated rings. The predicted octanol–water partition coefficient (Wildman–Crippen LogP) is 3.99. The number of aryl methyl sites for hydroxylation is 2. The van der Waals surface area contributed by atoms with Crippen LogP contribution in [0.25, 0.3) is 11.5 Å². The summed E-state index contributed by atoms with van der Waals surface area (Å²) in [6.45, 7) is 2.56. The molecule has 2 aromatic carbocycles. The summed E-state index contributed by atoms with van der Waals surface area (Å²) < 4.78 is 5.67. The molecule has 0 radical (unpaired) electrons. The van der Waals surface area contributed by atoms with Crippen LogP contribution in [0.2, 0.25) is 5.02 Å². The van der Waals surface area contributed by atoms with Crippen molar-refractivity contribution in [3.63, 3.8) is 0 Å². The van der Waals surface area contributed by atoms with Crippen molar-refractivity contribution < 1.29 is 9.21 Å². The zero-order chi connectivity index (χ0) is 18.4. The van der Waals surface area contributed by atoms with Crippen molar-refractivity contribution in [1.82, 2.24) is 15.5 Å². The Bertz CT molecular complexity index is 892. The molecule has 0 aliphatic rings. The van der Waals surface area contributed by atoms with E-state index in [1.165, 1.54) is 0 Å². The Morgan fingerprint density at radius 1 is 1.12 bits per heavy atom. The normalized spacial score (nSPS) is 10.7. The molecule has 0 saturated carbocycles. The van der Waals surface area contributed by atoms with Crippen LogP contribution in [0.4, 0.5) is 0 Å². The van der Waals surface area contributed by atoms with Crippen molar-refractivity contribution >= 4 is 17.5 Å². The van der Waals surface area contributed by atoms with E-state index in [2.05, 4.69) is 15.5 Å². The molecule has 1 amide bonds. The van der Waals surface area contributed by atoms with Gasteiger partial charge >= 0.3 is 0 Å². The molecule has 0 aliphatic heterocycles. The monoisotopic (exact) mass is 369 g/mol. The average Bonchev–Trinajstić information content (AvgIpc) is 3.09. The minimum absolute atomic E-state index is 0.0392. The molecule has 1 aromatic heterocycles. The summed E-state index contributed by atoms with van der Waals surface area (Å²) in [6, 6.07) is 15.5. The number of hydrogen-bond donors (Lipinski definition) is 1. The summed E-state index contributed by atoms with van der Waals surface area (Å²) in [5.41, 5.74) is 3.08. The highest BCUT2D eigenvalue weighted by molar-refractivity contribution is 6.30. The molecule has 0 atom stereocenters. The van der Waals surface area contributed by atoms with Gasteiger partial charge in [-0.15, -0.1) is 10.2 Å². The number of benzene rings is 2. The van der Waals surface area contributed by atoms with Crippen LogP contribution in [-0.4, -0.2) is 22.6 Å². The van der Waals surface area contributed by atoms with Gasteiger partial charge in [0, 0.05) is 30.0 Å². The summed E-state index contributed by atoms with van der Waals surface area (Å²) in [7, 11) is 0. The van der Waals surface area contributed by atoms with Crippen LogP contribution in [0.15, 0.2) is 52.9 Å². The standard InChI is InChI=1S/C20H20ClN3O2/c1-14-5-2-3-8-17(14)20-24-23-19(26-20)10-9-18(25)22-12-11-15-6-4-7-16(21)13-15/h2-8,13H,9-12H2,1H3,(H,22,25). The molecule has 0 spiro atoms. The number of hydrogen-bond acceptors (Lipinski definition) is 4. The van der Waals surface area contributed by atoms with Crippen LogP contribution < -0.4 is 5.32 Å². The summed E-state index contributed by atoms with van der Waals surface area (Å²) in [5.74, 6) is 0.912. The lowest BCUT2D eigenvalue weighted by Crippen LogP contribution is -2.25. The zero-order valence-electron chi connectivity index (χ0n) is 14.5. The van der Waals surface area contributed by atoms with E-state index in [1.54, 1.807) is 0 Å². The third-order valence-corrected chi connectivity index (χ3v) is 4.27. The lowest BCUT2D eigenvalue weighted by atomic mass is 10.1. The van der Waals surface area contributed by atoms with E-state index >= 15 is 0 Å². The van der Waals surface area contributed by atoms with Gasteiger partial charge in [0.1, 0.15) is 0 Å². The maximum atomic E-state index is 12.0. The van der Waals surface area contributed by atoms with E-state index in [9.17, 15) is 4.79 Å². The number of carbonyl (C=O) groups is 1. The molecule has 3 aromatic rings. The van der Waals surface area contributed by atoms with Crippen LogP contribution in [0, 0.1) is 6.92 Å². The Labute approximate surface area is 157 Å². The first-order chi connectivity index (χ1) is 12.6. The Balaban J connectivity index is 1.45. The molecule has 0 unspecified atom stereocenters. The molecule has 26 heavy (non-hydrogen) atoms. The minimum atomic E-state index is -0.0392. The minimum Gasteiger partial charge on any atom is -0.421 e. The van der Waals surface area contributed by atoms with Crippen LogP contribution in [0.5, 0.6) is 0 Å². The van der Waals surface area contributed by atoms with Gasteiger partial charge in [0.25, 0.3) is 0 Å². The lowest BCUT2D eigenvalue weighted by molar-refractivity contribution is -0.121. The number of amides is 1.